The quantitative estimate of drug-likeness (QED) is 0.738. The van der Waals surface area contributed by atoms with Crippen LogP contribution in [0, 0.1) is 13.8 Å². The minimum Gasteiger partial charge on any atom is -0.250 e. The molecule has 1 aromatic carbocycles. The third-order valence-electron chi connectivity index (χ3n) is 2.35. The van der Waals surface area contributed by atoms with E-state index in [0.717, 1.165) is 10.8 Å². The van der Waals surface area contributed by atoms with Gasteiger partial charge in [-0.05, 0) is 31.0 Å². The number of aryl methyl sites for hydroxylation is 2. The molecule has 0 radical (unpaired) electrons. The van der Waals surface area contributed by atoms with Crippen LogP contribution in [0.4, 0.5) is 0 Å². The largest absolute Gasteiger partial charge is 0.250 e. The van der Waals surface area contributed by atoms with Gasteiger partial charge >= 0.3 is 0 Å². The summed E-state index contributed by atoms with van der Waals surface area (Å²) >= 11 is 1.78. The van der Waals surface area contributed by atoms with Gasteiger partial charge in [-0.15, -0.1) is 11.8 Å². The molecule has 1 aromatic heterocycles. The van der Waals surface area contributed by atoms with E-state index in [2.05, 4.69) is 55.2 Å². The maximum atomic E-state index is 4.38. The van der Waals surface area contributed by atoms with E-state index in [1.54, 1.807) is 11.8 Å². The molecule has 2 aromatic rings. The first-order chi connectivity index (χ1) is 7.74. The molecule has 1 heterocycles. The molecule has 0 fully saturated rings. The number of hydrogen-bond acceptors (Lipinski definition) is 2. The molecule has 0 N–H and O–H groups in total. The molecular formula is C14H15NS. The molecule has 0 bridgehead atoms. The molecular weight excluding hydrogens is 214 g/mol. The molecule has 2 heteroatoms. The fourth-order valence-electron chi connectivity index (χ4n) is 1.50. The van der Waals surface area contributed by atoms with Crippen LogP contribution in [0.25, 0.3) is 0 Å². The summed E-state index contributed by atoms with van der Waals surface area (Å²) in [6, 6.07) is 12.8. The number of benzene rings is 1. The SMILES string of the molecule is Cc1ccc(SCc2cccc(C)c2)nc1. The molecule has 0 aliphatic carbocycles. The summed E-state index contributed by atoms with van der Waals surface area (Å²) in [7, 11) is 0. The van der Waals surface area contributed by atoms with Gasteiger partial charge in [-0.2, -0.15) is 0 Å². The van der Waals surface area contributed by atoms with Crippen molar-refractivity contribution < 1.29 is 0 Å². The zero-order valence-electron chi connectivity index (χ0n) is 9.60. The number of nitrogens with zero attached hydrogens (tertiary/aromatic N) is 1. The molecule has 0 unspecified atom stereocenters. The van der Waals surface area contributed by atoms with Gasteiger partial charge in [-0.1, -0.05) is 35.9 Å². The van der Waals surface area contributed by atoms with Crippen LogP contribution in [0.3, 0.4) is 0 Å². The molecule has 16 heavy (non-hydrogen) atoms. The Labute approximate surface area is 101 Å². The van der Waals surface area contributed by atoms with Gasteiger partial charge in [0.15, 0.2) is 0 Å². The van der Waals surface area contributed by atoms with Crippen molar-refractivity contribution in [1.29, 1.82) is 0 Å². The van der Waals surface area contributed by atoms with Crippen molar-refractivity contribution in [3.05, 3.63) is 59.3 Å². The molecule has 0 saturated heterocycles. The summed E-state index contributed by atoms with van der Waals surface area (Å²) in [5.41, 5.74) is 3.88. The maximum Gasteiger partial charge on any atom is 0.0963 e. The fraction of sp³-hybridized carbons (Fsp3) is 0.214. The van der Waals surface area contributed by atoms with Crippen molar-refractivity contribution >= 4 is 11.8 Å². The van der Waals surface area contributed by atoms with Crippen molar-refractivity contribution in [3.63, 3.8) is 0 Å². The first-order valence-corrected chi connectivity index (χ1v) is 6.33. The highest BCUT2D eigenvalue weighted by molar-refractivity contribution is 7.98. The van der Waals surface area contributed by atoms with Gasteiger partial charge < -0.3 is 0 Å². The van der Waals surface area contributed by atoms with Crippen molar-refractivity contribution in [2.24, 2.45) is 0 Å². The van der Waals surface area contributed by atoms with E-state index in [0.29, 0.717) is 0 Å². The second kappa shape index (κ2) is 5.17. The second-order valence-corrected chi connectivity index (χ2v) is 4.95. The number of thioether (sulfide) groups is 1. The van der Waals surface area contributed by atoms with Crippen LogP contribution in [0.15, 0.2) is 47.6 Å². The van der Waals surface area contributed by atoms with Crippen LogP contribution in [-0.4, -0.2) is 4.98 Å². The molecule has 0 amide bonds. The van der Waals surface area contributed by atoms with Crippen LogP contribution >= 0.6 is 11.8 Å². The van der Waals surface area contributed by atoms with Crippen LogP contribution in [0.1, 0.15) is 16.7 Å². The van der Waals surface area contributed by atoms with Gasteiger partial charge in [0.05, 0.1) is 5.03 Å². The van der Waals surface area contributed by atoms with Crippen LogP contribution in [0.5, 0.6) is 0 Å². The molecule has 0 spiro atoms. The van der Waals surface area contributed by atoms with Gasteiger partial charge in [0.2, 0.25) is 0 Å². The standard InChI is InChI=1S/C14H15NS/c1-11-4-3-5-13(8-11)10-16-14-7-6-12(2)9-15-14/h3-9H,10H2,1-2H3. The lowest BCUT2D eigenvalue weighted by Crippen LogP contribution is -1.84. The van der Waals surface area contributed by atoms with E-state index in [-0.39, 0.29) is 0 Å². The van der Waals surface area contributed by atoms with E-state index in [9.17, 15) is 0 Å². The Hall–Kier alpha value is -1.28. The lowest BCUT2D eigenvalue weighted by Gasteiger charge is -2.02. The van der Waals surface area contributed by atoms with E-state index >= 15 is 0 Å². The minimum absolute atomic E-state index is 0.984. The Morgan fingerprint density at radius 2 is 1.94 bits per heavy atom. The molecule has 1 nitrogen and oxygen atoms in total. The monoisotopic (exact) mass is 229 g/mol. The molecule has 2 rings (SSSR count). The topological polar surface area (TPSA) is 12.9 Å². The van der Waals surface area contributed by atoms with Gasteiger partial charge in [0, 0.05) is 11.9 Å². The first kappa shape index (κ1) is 11.2. The third-order valence-corrected chi connectivity index (χ3v) is 3.37. The molecule has 82 valence electrons. The third kappa shape index (κ3) is 3.11. The first-order valence-electron chi connectivity index (χ1n) is 5.35. The highest BCUT2D eigenvalue weighted by Crippen LogP contribution is 2.21. The van der Waals surface area contributed by atoms with Gasteiger partial charge in [0.1, 0.15) is 0 Å². The summed E-state index contributed by atoms with van der Waals surface area (Å²) in [5.74, 6) is 0.984. The van der Waals surface area contributed by atoms with Gasteiger partial charge in [-0.25, -0.2) is 4.98 Å². The second-order valence-electron chi connectivity index (χ2n) is 3.95. The summed E-state index contributed by atoms with van der Waals surface area (Å²) < 4.78 is 0. The number of rotatable bonds is 3. The van der Waals surface area contributed by atoms with Crippen LogP contribution in [0.2, 0.25) is 0 Å². The Balaban J connectivity index is 1.99. The van der Waals surface area contributed by atoms with Gasteiger partial charge in [-0.3, -0.25) is 0 Å². The van der Waals surface area contributed by atoms with Crippen molar-refractivity contribution in [2.45, 2.75) is 24.6 Å². The predicted octanol–water partition coefficient (Wildman–Crippen LogP) is 3.99. The Morgan fingerprint density at radius 3 is 2.62 bits per heavy atom. The van der Waals surface area contributed by atoms with E-state index < -0.39 is 0 Å². The zero-order chi connectivity index (χ0) is 11.4. The van der Waals surface area contributed by atoms with Gasteiger partial charge in [0.25, 0.3) is 0 Å². The number of pyridine rings is 1. The van der Waals surface area contributed by atoms with Crippen molar-refractivity contribution in [2.75, 3.05) is 0 Å². The van der Waals surface area contributed by atoms with E-state index in [4.69, 9.17) is 0 Å². The average molecular weight is 229 g/mol. The van der Waals surface area contributed by atoms with Crippen LogP contribution in [-0.2, 0) is 5.75 Å². The molecule has 0 atom stereocenters. The fourth-order valence-corrected chi connectivity index (χ4v) is 2.28. The Kier molecular flexibility index (Phi) is 3.62. The lowest BCUT2D eigenvalue weighted by atomic mass is 10.2. The summed E-state index contributed by atoms with van der Waals surface area (Å²) in [6.45, 7) is 4.18. The number of hydrogen-bond donors (Lipinski definition) is 0. The highest BCUT2D eigenvalue weighted by Gasteiger charge is 1.97. The molecule has 0 saturated carbocycles. The summed E-state index contributed by atoms with van der Waals surface area (Å²) in [4.78, 5) is 4.38. The summed E-state index contributed by atoms with van der Waals surface area (Å²) in [6.07, 6.45) is 1.92. The summed E-state index contributed by atoms with van der Waals surface area (Å²) in [5, 5.41) is 1.09. The Morgan fingerprint density at radius 1 is 1.06 bits per heavy atom. The minimum atomic E-state index is 0.984. The predicted molar refractivity (Wildman–Crippen MR) is 69.7 cm³/mol. The molecule has 0 aliphatic heterocycles. The van der Waals surface area contributed by atoms with E-state index in [1.807, 2.05) is 6.20 Å². The van der Waals surface area contributed by atoms with Crippen molar-refractivity contribution in [1.82, 2.24) is 4.98 Å². The normalized spacial score (nSPS) is 10.4. The smallest absolute Gasteiger partial charge is 0.0963 e. The van der Waals surface area contributed by atoms with E-state index in [1.165, 1.54) is 16.7 Å². The highest BCUT2D eigenvalue weighted by atomic mass is 32.2. The van der Waals surface area contributed by atoms with Crippen LogP contribution < -0.4 is 0 Å². The molecule has 0 aliphatic rings. The Bertz CT molecular complexity index is 462. The lowest BCUT2D eigenvalue weighted by molar-refractivity contribution is 1.11. The number of aromatic nitrogens is 1. The maximum absolute atomic E-state index is 4.38. The zero-order valence-corrected chi connectivity index (χ0v) is 10.4. The average Bonchev–Trinajstić information content (AvgIpc) is 2.28. The van der Waals surface area contributed by atoms with Crippen molar-refractivity contribution in [3.8, 4) is 0 Å².